The van der Waals surface area contributed by atoms with Crippen molar-refractivity contribution in [1.82, 2.24) is 4.98 Å². The Kier molecular flexibility index (Phi) is 18.6. The average molecular weight is 560 g/mol. The molecule has 0 radical (unpaired) electrons. The Bertz CT molecular complexity index is 1320. The van der Waals surface area contributed by atoms with Crippen LogP contribution in [-0.4, -0.2) is 33.8 Å². The van der Waals surface area contributed by atoms with E-state index in [-0.39, 0.29) is 51.2 Å². The van der Waals surface area contributed by atoms with E-state index in [0.717, 1.165) is 16.5 Å². The molecular formula is C28H31BrMgN4O2. The van der Waals surface area contributed by atoms with Gasteiger partial charge >= 0.3 is 23.1 Å². The van der Waals surface area contributed by atoms with Gasteiger partial charge in [-0.2, -0.15) is 12.2 Å². The molecule has 6 nitrogen and oxygen atoms in total. The molecule has 1 heterocycles. The van der Waals surface area contributed by atoms with Crippen LogP contribution in [0.15, 0.2) is 83.8 Å². The van der Waals surface area contributed by atoms with E-state index in [1.54, 1.807) is 49.5 Å². The Morgan fingerprint density at radius 1 is 0.944 bits per heavy atom. The molecule has 0 fully saturated rings. The van der Waals surface area contributed by atoms with E-state index in [2.05, 4.69) is 11.9 Å². The number of para-hydroxylation sites is 3. The molecule has 3 aromatic carbocycles. The number of nitrogens with zero attached hydrogens (tertiary/aromatic N) is 1. The van der Waals surface area contributed by atoms with Gasteiger partial charge in [0.05, 0.1) is 5.56 Å². The molecule has 0 saturated heterocycles. The van der Waals surface area contributed by atoms with Gasteiger partial charge in [-0.1, -0.05) is 43.3 Å². The number of pyridine rings is 1. The van der Waals surface area contributed by atoms with Gasteiger partial charge in [-0.3, -0.25) is 9.59 Å². The van der Waals surface area contributed by atoms with Crippen molar-refractivity contribution in [1.29, 1.82) is 5.26 Å². The Morgan fingerprint density at radius 3 is 2.00 bits per heavy atom. The minimum atomic E-state index is 0. The number of fused-ring (bicyclic) bond motifs is 1. The third-order valence-corrected chi connectivity index (χ3v) is 4.64. The van der Waals surface area contributed by atoms with Gasteiger partial charge in [0.1, 0.15) is 6.07 Å². The van der Waals surface area contributed by atoms with Crippen LogP contribution in [0.4, 0.5) is 11.4 Å². The predicted octanol–water partition coefficient (Wildman–Crippen LogP) is 2.30. The van der Waals surface area contributed by atoms with Gasteiger partial charge in [-0.15, -0.1) is 0 Å². The number of hydrogen-bond acceptors (Lipinski definition) is 5. The summed E-state index contributed by atoms with van der Waals surface area (Å²) < 4.78 is 0. The smallest absolute Gasteiger partial charge is 1.00 e. The maximum absolute atomic E-state index is 11.5. The summed E-state index contributed by atoms with van der Waals surface area (Å²) >= 11 is 0. The quantitative estimate of drug-likeness (QED) is 0.150. The van der Waals surface area contributed by atoms with Crippen LogP contribution in [0.3, 0.4) is 0 Å². The fourth-order valence-corrected chi connectivity index (χ4v) is 2.81. The molecular weight excluding hydrogens is 529 g/mol. The molecule has 0 aliphatic carbocycles. The molecule has 36 heavy (non-hydrogen) atoms. The van der Waals surface area contributed by atoms with Crippen molar-refractivity contribution < 1.29 is 21.8 Å². The third-order valence-electron chi connectivity index (χ3n) is 4.64. The van der Waals surface area contributed by atoms with Gasteiger partial charge in [0.15, 0.2) is 11.2 Å². The summed E-state index contributed by atoms with van der Waals surface area (Å²) in [5, 5.41) is 9.15. The number of nitrogen functional groups attached to an aromatic ring is 2. The Balaban J connectivity index is 0. The van der Waals surface area contributed by atoms with Gasteiger partial charge in [0, 0.05) is 46.0 Å². The number of aryl methyl sites for hydroxylation is 1. The second-order valence-electron chi connectivity index (χ2n) is 6.91. The number of anilines is 2. The summed E-state index contributed by atoms with van der Waals surface area (Å²) in [5.74, 6) is 0.100. The number of benzene rings is 3. The van der Waals surface area contributed by atoms with Crippen LogP contribution < -0.4 is 33.9 Å². The summed E-state index contributed by atoms with van der Waals surface area (Å²) in [4.78, 5) is 25.7. The second kappa shape index (κ2) is 19.1. The number of rotatable bonds is 2. The van der Waals surface area contributed by atoms with Gasteiger partial charge < -0.3 is 40.4 Å². The standard InChI is InChI=1S/C10H9NO.C9H11NO.C7H6N2.C2H5.BrH.Mg/c1-7-6-11-9-5-3-2-4-8(9)10(7)12;1-2-9(11)7-5-3-4-6-8(7)10;8-5-6-3-1-2-4-7(6)9;1-2;;/h2-6H,1H3,(H,11,12);3-6H,2,10H2,1H3;1-4H,9H2;1H2,2H3;1H;/q;;;-1;;+2/p-1. The van der Waals surface area contributed by atoms with Gasteiger partial charge in [-0.05, 0) is 43.3 Å². The SMILES string of the molecule is CCC(=O)c1ccccc1N.Cc1c[nH]c2ccccc2c1=O.N#Cc1ccccc1N.[Br-].[CH2-]C.[Mg+2]. The van der Waals surface area contributed by atoms with E-state index in [1.165, 1.54) is 0 Å². The molecule has 8 heteroatoms. The van der Waals surface area contributed by atoms with Crippen molar-refractivity contribution in [3.63, 3.8) is 0 Å². The summed E-state index contributed by atoms with van der Waals surface area (Å²) in [5.41, 5.74) is 15.0. The fraction of sp³-hybridized carbons (Fsp3) is 0.143. The zero-order valence-corrected chi connectivity index (χ0v) is 23.9. The zero-order chi connectivity index (χ0) is 25.5. The van der Waals surface area contributed by atoms with Crippen molar-refractivity contribution in [2.24, 2.45) is 0 Å². The molecule has 0 bridgehead atoms. The van der Waals surface area contributed by atoms with E-state index in [1.807, 2.05) is 56.3 Å². The van der Waals surface area contributed by atoms with Crippen molar-refractivity contribution >= 4 is 51.1 Å². The molecule has 0 saturated carbocycles. The number of nitrogens with one attached hydrogen (secondary N) is 1. The van der Waals surface area contributed by atoms with Crippen LogP contribution >= 0.6 is 0 Å². The van der Waals surface area contributed by atoms with Crippen molar-refractivity contribution in [3.8, 4) is 6.07 Å². The largest absolute Gasteiger partial charge is 2.00 e. The van der Waals surface area contributed by atoms with Crippen molar-refractivity contribution in [2.45, 2.75) is 27.2 Å². The zero-order valence-electron chi connectivity index (χ0n) is 20.9. The molecule has 184 valence electrons. The first-order valence-electron chi connectivity index (χ1n) is 10.8. The minimum Gasteiger partial charge on any atom is -1.00 e. The van der Waals surface area contributed by atoms with Crippen LogP contribution in [-0.2, 0) is 0 Å². The van der Waals surface area contributed by atoms with Crippen LogP contribution in [0.1, 0.15) is 41.8 Å². The summed E-state index contributed by atoms with van der Waals surface area (Å²) in [6.07, 6.45) is 2.25. The van der Waals surface area contributed by atoms with E-state index in [0.29, 0.717) is 28.9 Å². The monoisotopic (exact) mass is 558 g/mol. The number of ketones is 1. The van der Waals surface area contributed by atoms with Crippen LogP contribution in [0.5, 0.6) is 0 Å². The van der Waals surface area contributed by atoms with E-state index < -0.39 is 0 Å². The van der Waals surface area contributed by atoms with Crippen molar-refractivity contribution in [3.05, 3.63) is 113 Å². The van der Waals surface area contributed by atoms with E-state index >= 15 is 0 Å². The second-order valence-corrected chi connectivity index (χ2v) is 6.91. The summed E-state index contributed by atoms with van der Waals surface area (Å²) in [7, 11) is 0. The first-order chi connectivity index (χ1) is 16.4. The number of Topliss-reactive ketones (excluding diaryl/α,β-unsaturated/α-hetero) is 1. The number of nitriles is 1. The molecule has 4 aromatic rings. The molecule has 0 aliphatic rings. The first-order valence-corrected chi connectivity index (χ1v) is 10.8. The Labute approximate surface area is 239 Å². The van der Waals surface area contributed by atoms with Crippen LogP contribution in [0.25, 0.3) is 10.9 Å². The van der Waals surface area contributed by atoms with E-state index in [9.17, 15) is 9.59 Å². The number of H-pyrrole nitrogens is 1. The average Bonchev–Trinajstić information content (AvgIpc) is 2.88. The van der Waals surface area contributed by atoms with Crippen LogP contribution in [0, 0.1) is 25.2 Å². The molecule has 0 aliphatic heterocycles. The summed E-state index contributed by atoms with van der Waals surface area (Å²) in [6.45, 7) is 8.64. The number of aromatic nitrogens is 1. The Hall–Kier alpha value is -3.12. The van der Waals surface area contributed by atoms with Crippen molar-refractivity contribution in [2.75, 3.05) is 11.5 Å². The van der Waals surface area contributed by atoms with Gasteiger partial charge in [0.25, 0.3) is 0 Å². The molecule has 0 amide bonds. The first kappa shape index (κ1) is 35.0. The molecule has 1 aromatic heterocycles. The maximum atomic E-state index is 11.5. The number of carbonyl (C=O) groups is 1. The molecule has 5 N–H and O–H groups in total. The maximum Gasteiger partial charge on any atom is 2.00 e. The molecule has 0 spiro atoms. The predicted molar refractivity (Wildman–Crippen MR) is 147 cm³/mol. The molecule has 0 atom stereocenters. The topological polar surface area (TPSA) is 126 Å². The number of nitrogens with two attached hydrogens (primary N) is 2. The molecule has 0 unspecified atom stereocenters. The minimum absolute atomic E-state index is 0. The Morgan fingerprint density at radius 2 is 1.47 bits per heavy atom. The number of hydrogen-bond donors (Lipinski definition) is 3. The number of halogens is 1. The van der Waals surface area contributed by atoms with E-state index in [4.69, 9.17) is 16.7 Å². The van der Waals surface area contributed by atoms with Crippen LogP contribution in [0.2, 0.25) is 0 Å². The fourth-order valence-electron chi connectivity index (χ4n) is 2.81. The number of carbonyl (C=O) groups excluding carboxylic acids is 1. The van der Waals surface area contributed by atoms with Gasteiger partial charge in [0.2, 0.25) is 0 Å². The molecule has 4 rings (SSSR count). The summed E-state index contributed by atoms with van der Waals surface area (Å²) in [6, 6.07) is 23.6. The number of aromatic amines is 1. The van der Waals surface area contributed by atoms with Gasteiger partial charge in [-0.25, -0.2) is 0 Å². The third kappa shape index (κ3) is 10.6. The normalized spacial score (nSPS) is 8.64.